The predicted octanol–water partition coefficient (Wildman–Crippen LogP) is 4.33. The standard InChI is InChI=1S/C18H26O4/c1-4-7-10-14-13(9-6-3)12(8-5-2)11-15(17(19)20)16(14)18(21)22/h11H,4-10H2,1-3H3,(H,19,20)(H,21,22). The molecule has 0 radical (unpaired) electrons. The van der Waals surface area contributed by atoms with Crippen LogP contribution in [-0.4, -0.2) is 22.2 Å². The molecular weight excluding hydrogens is 280 g/mol. The monoisotopic (exact) mass is 306 g/mol. The van der Waals surface area contributed by atoms with Gasteiger partial charge in [-0.3, -0.25) is 0 Å². The van der Waals surface area contributed by atoms with E-state index in [-0.39, 0.29) is 11.1 Å². The average Bonchev–Trinajstić information content (AvgIpc) is 2.46. The molecule has 0 saturated carbocycles. The van der Waals surface area contributed by atoms with Crippen LogP contribution in [0.15, 0.2) is 6.07 Å². The number of hydrogen-bond donors (Lipinski definition) is 2. The highest BCUT2D eigenvalue weighted by atomic mass is 16.4. The molecule has 0 bridgehead atoms. The Balaban J connectivity index is 3.65. The van der Waals surface area contributed by atoms with E-state index in [0.29, 0.717) is 6.42 Å². The highest BCUT2D eigenvalue weighted by molar-refractivity contribution is 6.03. The normalized spacial score (nSPS) is 10.7. The number of rotatable bonds is 9. The van der Waals surface area contributed by atoms with Gasteiger partial charge in [-0.15, -0.1) is 0 Å². The van der Waals surface area contributed by atoms with Crippen LogP contribution < -0.4 is 0 Å². The lowest BCUT2D eigenvalue weighted by atomic mass is 9.85. The summed E-state index contributed by atoms with van der Waals surface area (Å²) >= 11 is 0. The molecule has 0 aliphatic carbocycles. The molecule has 122 valence electrons. The van der Waals surface area contributed by atoms with Crippen LogP contribution in [0, 0.1) is 0 Å². The van der Waals surface area contributed by atoms with Crippen molar-refractivity contribution in [1.82, 2.24) is 0 Å². The molecule has 2 N–H and O–H groups in total. The minimum Gasteiger partial charge on any atom is -0.478 e. The molecule has 1 aromatic carbocycles. The first-order valence-corrected chi connectivity index (χ1v) is 8.11. The van der Waals surface area contributed by atoms with Crippen molar-refractivity contribution >= 4 is 11.9 Å². The maximum atomic E-state index is 11.7. The number of carbonyl (C=O) groups is 2. The maximum absolute atomic E-state index is 11.7. The van der Waals surface area contributed by atoms with Crippen molar-refractivity contribution in [3.8, 4) is 0 Å². The zero-order valence-corrected chi connectivity index (χ0v) is 13.7. The summed E-state index contributed by atoms with van der Waals surface area (Å²) in [6, 6.07) is 1.58. The Kier molecular flexibility index (Phi) is 7.09. The fraction of sp³-hybridized carbons (Fsp3) is 0.556. The van der Waals surface area contributed by atoms with Gasteiger partial charge in [-0.2, -0.15) is 0 Å². The Bertz CT molecular complexity index is 547. The highest BCUT2D eigenvalue weighted by Crippen LogP contribution is 2.28. The average molecular weight is 306 g/mol. The van der Waals surface area contributed by atoms with Crippen molar-refractivity contribution in [1.29, 1.82) is 0 Å². The van der Waals surface area contributed by atoms with Gasteiger partial charge in [0.2, 0.25) is 0 Å². The highest BCUT2D eigenvalue weighted by Gasteiger charge is 2.24. The molecule has 0 unspecified atom stereocenters. The Hall–Kier alpha value is -1.84. The van der Waals surface area contributed by atoms with Crippen LogP contribution >= 0.6 is 0 Å². The van der Waals surface area contributed by atoms with Gasteiger partial charge in [0, 0.05) is 0 Å². The van der Waals surface area contributed by atoms with Crippen LogP contribution in [-0.2, 0) is 19.3 Å². The molecule has 0 aliphatic rings. The zero-order valence-electron chi connectivity index (χ0n) is 13.7. The number of aryl methyl sites for hydroxylation is 1. The molecule has 0 saturated heterocycles. The molecule has 0 spiro atoms. The molecule has 0 aliphatic heterocycles. The molecule has 1 rings (SSSR count). The van der Waals surface area contributed by atoms with Crippen molar-refractivity contribution in [3.63, 3.8) is 0 Å². The van der Waals surface area contributed by atoms with Crippen LogP contribution in [0.3, 0.4) is 0 Å². The number of hydrogen-bond acceptors (Lipinski definition) is 2. The van der Waals surface area contributed by atoms with E-state index >= 15 is 0 Å². The third-order valence-electron chi connectivity index (χ3n) is 3.89. The second-order valence-corrected chi connectivity index (χ2v) is 5.63. The predicted molar refractivity (Wildman–Crippen MR) is 87.0 cm³/mol. The molecule has 22 heavy (non-hydrogen) atoms. The van der Waals surface area contributed by atoms with Crippen molar-refractivity contribution in [2.75, 3.05) is 0 Å². The van der Waals surface area contributed by atoms with E-state index in [1.165, 1.54) is 0 Å². The third kappa shape index (κ3) is 4.09. The van der Waals surface area contributed by atoms with Crippen LogP contribution in [0.25, 0.3) is 0 Å². The molecule has 0 fully saturated rings. The SMILES string of the molecule is CCCCc1c(CCC)c(CCC)cc(C(=O)O)c1C(=O)O. The van der Waals surface area contributed by atoms with E-state index in [2.05, 4.69) is 6.92 Å². The van der Waals surface area contributed by atoms with Crippen LogP contribution in [0.4, 0.5) is 0 Å². The summed E-state index contributed by atoms with van der Waals surface area (Å²) in [5, 5.41) is 19.0. The molecular formula is C18H26O4. The van der Waals surface area contributed by atoms with Crippen LogP contribution in [0.1, 0.15) is 83.9 Å². The quantitative estimate of drug-likeness (QED) is 0.712. The number of benzene rings is 1. The van der Waals surface area contributed by atoms with Gasteiger partial charge >= 0.3 is 11.9 Å². The first-order chi connectivity index (χ1) is 10.5. The van der Waals surface area contributed by atoms with Crippen LogP contribution in [0.5, 0.6) is 0 Å². The Morgan fingerprint density at radius 2 is 1.50 bits per heavy atom. The summed E-state index contributed by atoms with van der Waals surface area (Å²) in [6.45, 7) is 6.16. The Morgan fingerprint density at radius 3 is 1.95 bits per heavy atom. The second kappa shape index (κ2) is 8.57. The largest absolute Gasteiger partial charge is 0.478 e. The van der Waals surface area contributed by atoms with Crippen molar-refractivity contribution < 1.29 is 19.8 Å². The number of unbranched alkanes of at least 4 members (excludes halogenated alkanes) is 1. The van der Waals surface area contributed by atoms with E-state index in [4.69, 9.17) is 0 Å². The lowest BCUT2D eigenvalue weighted by Crippen LogP contribution is -2.16. The first kappa shape index (κ1) is 18.2. The maximum Gasteiger partial charge on any atom is 0.336 e. The fourth-order valence-electron chi connectivity index (χ4n) is 2.94. The summed E-state index contributed by atoms with van der Waals surface area (Å²) in [5.74, 6) is -2.29. The number of carboxylic acids is 2. The van der Waals surface area contributed by atoms with Crippen molar-refractivity contribution in [2.24, 2.45) is 0 Å². The Labute approximate surface area is 132 Å². The fourth-order valence-corrected chi connectivity index (χ4v) is 2.94. The minimum atomic E-state index is -1.16. The van der Waals surface area contributed by atoms with E-state index < -0.39 is 11.9 Å². The molecule has 4 nitrogen and oxygen atoms in total. The van der Waals surface area contributed by atoms with E-state index in [1.807, 2.05) is 13.8 Å². The van der Waals surface area contributed by atoms with Gasteiger partial charge in [0.15, 0.2) is 0 Å². The van der Waals surface area contributed by atoms with E-state index in [9.17, 15) is 19.8 Å². The van der Waals surface area contributed by atoms with Crippen LogP contribution in [0.2, 0.25) is 0 Å². The van der Waals surface area contributed by atoms with Gasteiger partial charge in [-0.05, 0) is 48.4 Å². The zero-order chi connectivity index (χ0) is 16.7. The van der Waals surface area contributed by atoms with Gasteiger partial charge in [-0.1, -0.05) is 40.0 Å². The summed E-state index contributed by atoms with van der Waals surface area (Å²) in [7, 11) is 0. The van der Waals surface area contributed by atoms with Crippen molar-refractivity contribution in [3.05, 3.63) is 33.9 Å². The first-order valence-electron chi connectivity index (χ1n) is 8.11. The molecule has 0 aromatic heterocycles. The third-order valence-corrected chi connectivity index (χ3v) is 3.89. The van der Waals surface area contributed by atoms with Gasteiger partial charge < -0.3 is 10.2 Å². The van der Waals surface area contributed by atoms with E-state index in [0.717, 1.165) is 55.2 Å². The minimum absolute atomic E-state index is 0.00995. The Morgan fingerprint density at radius 1 is 0.864 bits per heavy atom. The second-order valence-electron chi connectivity index (χ2n) is 5.63. The molecule has 0 atom stereocenters. The van der Waals surface area contributed by atoms with E-state index in [1.54, 1.807) is 6.07 Å². The molecule has 1 aromatic rings. The number of carboxylic acid groups (broad SMARTS) is 2. The summed E-state index contributed by atoms with van der Waals surface area (Å²) in [5.41, 5.74) is 2.71. The van der Waals surface area contributed by atoms with Gasteiger partial charge in [0.05, 0.1) is 11.1 Å². The van der Waals surface area contributed by atoms with Crippen molar-refractivity contribution in [2.45, 2.75) is 65.7 Å². The lowest BCUT2D eigenvalue weighted by Gasteiger charge is -2.19. The summed E-state index contributed by atoms with van der Waals surface area (Å²) < 4.78 is 0. The lowest BCUT2D eigenvalue weighted by molar-refractivity contribution is 0.0650. The van der Waals surface area contributed by atoms with Gasteiger partial charge in [-0.25, -0.2) is 9.59 Å². The molecule has 4 heteroatoms. The smallest absolute Gasteiger partial charge is 0.336 e. The summed E-state index contributed by atoms with van der Waals surface area (Å²) in [6.07, 6.45) is 5.86. The number of aromatic carboxylic acids is 2. The van der Waals surface area contributed by atoms with Gasteiger partial charge in [0.1, 0.15) is 0 Å². The van der Waals surface area contributed by atoms with Gasteiger partial charge in [0.25, 0.3) is 0 Å². The molecule has 0 heterocycles. The topological polar surface area (TPSA) is 74.6 Å². The summed E-state index contributed by atoms with van der Waals surface area (Å²) in [4.78, 5) is 23.2. The molecule has 0 amide bonds.